The van der Waals surface area contributed by atoms with Gasteiger partial charge in [0, 0.05) is 11.5 Å². The third kappa shape index (κ3) is 2.10. The van der Waals surface area contributed by atoms with E-state index in [0.717, 1.165) is 16.3 Å². The Kier molecular flexibility index (Phi) is 2.72. The molecule has 0 spiro atoms. The Morgan fingerprint density at radius 2 is 2.44 bits per heavy atom. The lowest BCUT2D eigenvalue weighted by atomic mass is 10.7. The van der Waals surface area contributed by atoms with Gasteiger partial charge in [-0.1, -0.05) is 15.9 Å². The van der Waals surface area contributed by atoms with Crippen molar-refractivity contribution in [2.75, 3.05) is 5.33 Å². The van der Waals surface area contributed by atoms with Crippen LogP contribution >= 0.6 is 31.9 Å². The van der Waals surface area contributed by atoms with Crippen LogP contribution in [-0.4, -0.2) is 15.1 Å². The number of rotatable bonds is 2. The molecule has 0 aliphatic rings. The van der Waals surface area contributed by atoms with Crippen molar-refractivity contribution in [3.63, 3.8) is 0 Å². The van der Waals surface area contributed by atoms with Crippen molar-refractivity contribution in [1.29, 1.82) is 0 Å². The molecule has 0 unspecified atom stereocenters. The van der Waals surface area contributed by atoms with Gasteiger partial charge in [-0.05, 0) is 15.9 Å². The molecule has 0 bridgehead atoms. The van der Waals surface area contributed by atoms with Crippen LogP contribution in [0.4, 0.5) is 0 Å². The Hall–Kier alpha value is 0.170. The van der Waals surface area contributed by atoms with Crippen LogP contribution in [0, 0.1) is 0 Å². The molecule has 4 heteroatoms. The zero-order valence-corrected chi connectivity index (χ0v) is 7.89. The largest absolute Gasteiger partial charge is 0.271 e. The number of aromatic nitrogens is 2. The summed E-state index contributed by atoms with van der Waals surface area (Å²) in [6.45, 7) is 0.922. The van der Waals surface area contributed by atoms with Crippen molar-refractivity contribution in [3.8, 4) is 0 Å². The molecule has 0 aromatic carbocycles. The summed E-state index contributed by atoms with van der Waals surface area (Å²) in [5.74, 6) is 0. The van der Waals surface area contributed by atoms with Crippen LogP contribution in [0.5, 0.6) is 0 Å². The van der Waals surface area contributed by atoms with Crippen LogP contribution in [0.2, 0.25) is 0 Å². The highest BCUT2D eigenvalue weighted by Crippen LogP contribution is 2.05. The van der Waals surface area contributed by atoms with Gasteiger partial charge in [0.15, 0.2) is 0 Å². The summed E-state index contributed by atoms with van der Waals surface area (Å²) >= 11 is 6.62. The van der Waals surface area contributed by atoms with Crippen LogP contribution in [0.1, 0.15) is 0 Å². The van der Waals surface area contributed by atoms with E-state index in [1.807, 2.05) is 10.9 Å². The molecular formula is C5H6Br2N2. The van der Waals surface area contributed by atoms with E-state index in [1.54, 1.807) is 6.20 Å². The lowest BCUT2D eigenvalue weighted by Crippen LogP contribution is -1.97. The number of halogens is 2. The second-order valence-electron chi connectivity index (χ2n) is 1.61. The fraction of sp³-hybridized carbons (Fsp3) is 0.400. The predicted molar refractivity (Wildman–Crippen MR) is 43.7 cm³/mol. The minimum absolute atomic E-state index is 0.922. The van der Waals surface area contributed by atoms with E-state index in [1.165, 1.54) is 0 Å². The van der Waals surface area contributed by atoms with Gasteiger partial charge in [0.25, 0.3) is 0 Å². The summed E-state index contributed by atoms with van der Waals surface area (Å²) < 4.78 is 2.90. The van der Waals surface area contributed by atoms with Crippen LogP contribution < -0.4 is 0 Å². The minimum Gasteiger partial charge on any atom is -0.271 e. The SMILES string of the molecule is BrCCn1cc(Br)cn1. The van der Waals surface area contributed by atoms with Gasteiger partial charge in [0.05, 0.1) is 17.2 Å². The van der Waals surface area contributed by atoms with E-state index < -0.39 is 0 Å². The molecule has 0 radical (unpaired) electrons. The highest BCUT2D eigenvalue weighted by atomic mass is 79.9. The zero-order chi connectivity index (χ0) is 6.69. The topological polar surface area (TPSA) is 17.8 Å². The fourth-order valence-electron chi connectivity index (χ4n) is 0.547. The molecule has 1 aromatic heterocycles. The molecule has 0 amide bonds. The maximum Gasteiger partial charge on any atom is 0.0632 e. The summed E-state index contributed by atoms with van der Waals surface area (Å²) in [6.07, 6.45) is 3.73. The van der Waals surface area contributed by atoms with Crippen molar-refractivity contribution >= 4 is 31.9 Å². The van der Waals surface area contributed by atoms with E-state index in [9.17, 15) is 0 Å². The van der Waals surface area contributed by atoms with Crippen molar-refractivity contribution in [2.24, 2.45) is 0 Å². The van der Waals surface area contributed by atoms with Crippen molar-refractivity contribution in [1.82, 2.24) is 9.78 Å². The molecule has 0 atom stereocenters. The normalized spacial score (nSPS) is 10.0. The number of hydrogen-bond acceptors (Lipinski definition) is 1. The van der Waals surface area contributed by atoms with Gasteiger partial charge in [-0.3, -0.25) is 4.68 Å². The molecule has 0 aliphatic heterocycles. The molecule has 0 saturated carbocycles. The van der Waals surface area contributed by atoms with Gasteiger partial charge in [-0.15, -0.1) is 0 Å². The van der Waals surface area contributed by atoms with E-state index in [-0.39, 0.29) is 0 Å². The second kappa shape index (κ2) is 3.37. The van der Waals surface area contributed by atoms with E-state index in [4.69, 9.17) is 0 Å². The molecule has 50 valence electrons. The molecule has 0 N–H and O–H groups in total. The molecule has 0 saturated heterocycles. The van der Waals surface area contributed by atoms with Gasteiger partial charge >= 0.3 is 0 Å². The van der Waals surface area contributed by atoms with Crippen LogP contribution in [0.25, 0.3) is 0 Å². The van der Waals surface area contributed by atoms with Crippen LogP contribution in [-0.2, 0) is 6.54 Å². The van der Waals surface area contributed by atoms with Gasteiger partial charge in [0.2, 0.25) is 0 Å². The van der Waals surface area contributed by atoms with E-state index in [2.05, 4.69) is 37.0 Å². The first-order chi connectivity index (χ1) is 4.33. The van der Waals surface area contributed by atoms with Gasteiger partial charge in [0.1, 0.15) is 0 Å². The molecule has 2 nitrogen and oxygen atoms in total. The number of aryl methyl sites for hydroxylation is 1. The lowest BCUT2D eigenvalue weighted by molar-refractivity contribution is 0.669. The monoisotopic (exact) mass is 252 g/mol. The van der Waals surface area contributed by atoms with Crippen molar-refractivity contribution in [3.05, 3.63) is 16.9 Å². The third-order valence-electron chi connectivity index (χ3n) is 0.915. The Labute approximate surface area is 70.5 Å². The molecule has 1 aromatic rings. The van der Waals surface area contributed by atoms with Crippen LogP contribution in [0.15, 0.2) is 16.9 Å². The minimum atomic E-state index is 0.922. The quantitative estimate of drug-likeness (QED) is 0.738. The zero-order valence-electron chi connectivity index (χ0n) is 4.72. The highest BCUT2D eigenvalue weighted by Gasteiger charge is 1.90. The second-order valence-corrected chi connectivity index (χ2v) is 3.32. The predicted octanol–water partition coefficient (Wildman–Crippen LogP) is 2.04. The first-order valence-electron chi connectivity index (χ1n) is 2.57. The Balaban J connectivity index is 2.61. The average Bonchev–Trinajstić information content (AvgIpc) is 2.17. The molecule has 0 aliphatic carbocycles. The standard InChI is InChI=1S/C5H6Br2N2/c6-1-2-9-4-5(7)3-8-9/h3-4H,1-2H2. The Bertz CT molecular complexity index is 185. The molecule has 1 heterocycles. The lowest BCUT2D eigenvalue weighted by Gasteiger charge is -1.92. The third-order valence-corrected chi connectivity index (χ3v) is 1.68. The number of alkyl halides is 1. The molecule has 1 rings (SSSR count). The summed E-state index contributed by atoms with van der Waals surface area (Å²) in [7, 11) is 0. The van der Waals surface area contributed by atoms with Gasteiger partial charge in [-0.25, -0.2) is 0 Å². The van der Waals surface area contributed by atoms with Crippen molar-refractivity contribution in [2.45, 2.75) is 6.54 Å². The van der Waals surface area contributed by atoms with Crippen LogP contribution in [0.3, 0.4) is 0 Å². The summed E-state index contributed by atoms with van der Waals surface area (Å²) in [5.41, 5.74) is 0. The summed E-state index contributed by atoms with van der Waals surface area (Å²) in [4.78, 5) is 0. The van der Waals surface area contributed by atoms with Gasteiger partial charge < -0.3 is 0 Å². The summed E-state index contributed by atoms with van der Waals surface area (Å²) in [5, 5.41) is 4.99. The fourth-order valence-corrected chi connectivity index (χ4v) is 1.24. The summed E-state index contributed by atoms with van der Waals surface area (Å²) in [6, 6.07) is 0. The number of hydrogen-bond donors (Lipinski definition) is 0. The first kappa shape index (κ1) is 7.28. The number of nitrogens with zero attached hydrogens (tertiary/aromatic N) is 2. The molecular weight excluding hydrogens is 248 g/mol. The Morgan fingerprint density at radius 3 is 2.89 bits per heavy atom. The van der Waals surface area contributed by atoms with E-state index in [0.29, 0.717) is 0 Å². The van der Waals surface area contributed by atoms with Gasteiger partial charge in [-0.2, -0.15) is 5.10 Å². The Morgan fingerprint density at radius 1 is 1.67 bits per heavy atom. The first-order valence-corrected chi connectivity index (χ1v) is 4.48. The maximum absolute atomic E-state index is 4.05. The average molecular weight is 254 g/mol. The smallest absolute Gasteiger partial charge is 0.0632 e. The maximum atomic E-state index is 4.05. The molecule has 9 heavy (non-hydrogen) atoms. The van der Waals surface area contributed by atoms with E-state index >= 15 is 0 Å². The molecule has 0 fully saturated rings. The van der Waals surface area contributed by atoms with Crippen molar-refractivity contribution < 1.29 is 0 Å². The highest BCUT2D eigenvalue weighted by molar-refractivity contribution is 9.10.